The number of aryl methyl sites for hydroxylation is 1. The quantitative estimate of drug-likeness (QED) is 0.720. The summed E-state index contributed by atoms with van der Waals surface area (Å²) in [6, 6.07) is 2.54. The summed E-state index contributed by atoms with van der Waals surface area (Å²) in [5, 5.41) is 21.8. The highest BCUT2D eigenvalue weighted by atomic mass is 19.3. The largest absolute Gasteiger partial charge is 0.480 e. The van der Waals surface area contributed by atoms with Crippen molar-refractivity contribution >= 4 is 11.9 Å². The van der Waals surface area contributed by atoms with E-state index in [2.05, 4.69) is 20.8 Å². The Hall–Kier alpha value is -2.98. The number of hydrogen-bond donors (Lipinski definition) is 2. The van der Waals surface area contributed by atoms with Crippen LogP contribution in [0.25, 0.3) is 0 Å². The van der Waals surface area contributed by atoms with E-state index in [1.54, 1.807) is 6.07 Å². The molecule has 0 radical (unpaired) electrons. The number of hydrogen-bond acceptors (Lipinski definition) is 5. The summed E-state index contributed by atoms with van der Waals surface area (Å²) in [6.07, 6.45) is -4.01. The minimum absolute atomic E-state index is 0.0590. The van der Waals surface area contributed by atoms with Crippen LogP contribution < -0.4 is 5.32 Å². The predicted octanol–water partition coefficient (Wildman–Crippen LogP) is 1.13. The van der Waals surface area contributed by atoms with Gasteiger partial charge in [-0.15, -0.1) is 5.10 Å². The SMILES string of the molecule is Cc1nnnn1C(Cc1cccc(F)c1)C(=O)NC(CC(F)F)C(=O)O. The van der Waals surface area contributed by atoms with E-state index in [-0.39, 0.29) is 12.2 Å². The predicted molar refractivity (Wildman–Crippen MR) is 81.9 cm³/mol. The Kier molecular flexibility index (Phi) is 6.26. The van der Waals surface area contributed by atoms with Gasteiger partial charge in [0.2, 0.25) is 12.3 Å². The number of amides is 1. The zero-order valence-electron chi connectivity index (χ0n) is 13.6. The number of benzene rings is 1. The first-order valence-corrected chi connectivity index (χ1v) is 7.58. The zero-order chi connectivity index (χ0) is 19.3. The second-order valence-corrected chi connectivity index (χ2v) is 5.55. The molecule has 0 spiro atoms. The summed E-state index contributed by atoms with van der Waals surface area (Å²) in [5.74, 6) is -2.72. The number of nitrogens with zero attached hydrogens (tertiary/aromatic N) is 4. The van der Waals surface area contributed by atoms with Crippen molar-refractivity contribution in [3.8, 4) is 0 Å². The molecular formula is C15H16F3N5O3. The zero-order valence-corrected chi connectivity index (χ0v) is 13.6. The summed E-state index contributed by atoms with van der Waals surface area (Å²) in [6.45, 7) is 1.51. The van der Waals surface area contributed by atoms with E-state index in [0.29, 0.717) is 5.56 Å². The van der Waals surface area contributed by atoms with Gasteiger partial charge >= 0.3 is 5.97 Å². The maximum atomic E-state index is 13.4. The van der Waals surface area contributed by atoms with Gasteiger partial charge in [-0.2, -0.15) is 0 Å². The molecule has 0 bridgehead atoms. The minimum atomic E-state index is -2.91. The van der Waals surface area contributed by atoms with Gasteiger partial charge in [0.15, 0.2) is 0 Å². The van der Waals surface area contributed by atoms with Crippen LogP contribution in [0.1, 0.15) is 23.9 Å². The Morgan fingerprint density at radius 1 is 1.35 bits per heavy atom. The van der Waals surface area contributed by atoms with Crippen LogP contribution in [0.3, 0.4) is 0 Å². The lowest BCUT2D eigenvalue weighted by atomic mass is 10.0. The van der Waals surface area contributed by atoms with Crippen LogP contribution in [-0.2, 0) is 16.0 Å². The lowest BCUT2D eigenvalue weighted by molar-refractivity contribution is -0.143. The number of rotatable bonds is 8. The van der Waals surface area contributed by atoms with Crippen molar-refractivity contribution in [3.05, 3.63) is 41.5 Å². The molecule has 2 atom stereocenters. The van der Waals surface area contributed by atoms with Crippen molar-refractivity contribution in [2.24, 2.45) is 0 Å². The molecule has 0 fully saturated rings. The standard InChI is InChI=1S/C15H16F3N5O3/c1-8-20-21-22-23(8)12(6-9-3-2-4-10(16)5-9)14(24)19-11(15(25)26)7-13(17)18/h2-5,11-13H,6-7H2,1H3,(H,19,24)(H,25,26). The topological polar surface area (TPSA) is 110 Å². The van der Waals surface area contributed by atoms with Crippen molar-refractivity contribution < 1.29 is 27.9 Å². The molecule has 2 rings (SSSR count). The van der Waals surface area contributed by atoms with Gasteiger partial charge in [-0.25, -0.2) is 22.6 Å². The third kappa shape index (κ3) is 5.01. The third-order valence-corrected chi connectivity index (χ3v) is 3.60. The van der Waals surface area contributed by atoms with E-state index in [1.807, 2.05) is 0 Å². The van der Waals surface area contributed by atoms with Gasteiger partial charge in [-0.05, 0) is 35.0 Å². The molecule has 1 amide bonds. The first-order valence-electron chi connectivity index (χ1n) is 7.58. The van der Waals surface area contributed by atoms with Gasteiger partial charge in [0, 0.05) is 12.8 Å². The van der Waals surface area contributed by atoms with E-state index in [0.717, 1.165) is 4.68 Å². The highest BCUT2D eigenvalue weighted by molar-refractivity contribution is 5.86. The van der Waals surface area contributed by atoms with Crippen LogP contribution in [0.2, 0.25) is 0 Å². The molecule has 1 heterocycles. The number of aliphatic carboxylic acids is 1. The van der Waals surface area contributed by atoms with Gasteiger partial charge in [0.05, 0.1) is 0 Å². The average Bonchev–Trinajstić information content (AvgIpc) is 2.97. The molecule has 11 heteroatoms. The van der Waals surface area contributed by atoms with Gasteiger partial charge in [-0.1, -0.05) is 12.1 Å². The maximum Gasteiger partial charge on any atom is 0.326 e. The van der Waals surface area contributed by atoms with E-state index in [9.17, 15) is 22.8 Å². The van der Waals surface area contributed by atoms with Crippen LogP contribution in [0, 0.1) is 12.7 Å². The number of carbonyl (C=O) groups excluding carboxylic acids is 1. The normalized spacial score (nSPS) is 13.4. The molecule has 26 heavy (non-hydrogen) atoms. The van der Waals surface area contributed by atoms with E-state index < -0.39 is 42.6 Å². The van der Waals surface area contributed by atoms with Crippen LogP contribution in [0.5, 0.6) is 0 Å². The van der Waals surface area contributed by atoms with E-state index in [4.69, 9.17) is 5.11 Å². The Labute approximate surface area is 146 Å². The maximum absolute atomic E-state index is 13.4. The number of carboxylic acid groups (broad SMARTS) is 1. The fraction of sp³-hybridized carbons (Fsp3) is 0.400. The highest BCUT2D eigenvalue weighted by Crippen LogP contribution is 2.17. The lowest BCUT2D eigenvalue weighted by Crippen LogP contribution is -2.46. The average molecular weight is 371 g/mol. The molecule has 0 saturated carbocycles. The Bertz CT molecular complexity index is 783. The molecular weight excluding hydrogens is 355 g/mol. The lowest BCUT2D eigenvalue weighted by Gasteiger charge is -2.21. The second kappa shape index (κ2) is 8.41. The molecule has 8 nitrogen and oxygen atoms in total. The third-order valence-electron chi connectivity index (χ3n) is 3.60. The number of tetrazole rings is 1. The summed E-state index contributed by atoms with van der Waals surface area (Å²) in [5.41, 5.74) is 0.431. The molecule has 0 aliphatic carbocycles. The smallest absolute Gasteiger partial charge is 0.326 e. The van der Waals surface area contributed by atoms with Crippen LogP contribution >= 0.6 is 0 Å². The van der Waals surface area contributed by atoms with Crippen LogP contribution in [0.15, 0.2) is 24.3 Å². The van der Waals surface area contributed by atoms with Crippen molar-refractivity contribution in [2.75, 3.05) is 0 Å². The first-order chi connectivity index (χ1) is 12.3. The summed E-state index contributed by atoms with van der Waals surface area (Å²) in [7, 11) is 0. The van der Waals surface area contributed by atoms with Crippen LogP contribution in [-0.4, -0.2) is 49.7 Å². The van der Waals surface area contributed by atoms with E-state index in [1.165, 1.54) is 25.1 Å². The molecule has 0 aliphatic heterocycles. The highest BCUT2D eigenvalue weighted by Gasteiger charge is 2.30. The Morgan fingerprint density at radius 2 is 2.08 bits per heavy atom. The molecule has 2 aromatic rings. The van der Waals surface area contributed by atoms with Crippen molar-refractivity contribution in [3.63, 3.8) is 0 Å². The number of nitrogens with one attached hydrogen (secondary N) is 1. The fourth-order valence-corrected chi connectivity index (χ4v) is 2.37. The Balaban J connectivity index is 2.27. The van der Waals surface area contributed by atoms with Gasteiger partial charge < -0.3 is 10.4 Å². The summed E-state index contributed by atoms with van der Waals surface area (Å²) >= 11 is 0. The molecule has 0 saturated heterocycles. The summed E-state index contributed by atoms with van der Waals surface area (Å²) in [4.78, 5) is 23.7. The minimum Gasteiger partial charge on any atom is -0.480 e. The Morgan fingerprint density at radius 3 is 2.62 bits per heavy atom. The number of alkyl halides is 2. The molecule has 2 N–H and O–H groups in total. The number of halogens is 3. The van der Waals surface area contributed by atoms with Gasteiger partial charge in [-0.3, -0.25) is 4.79 Å². The van der Waals surface area contributed by atoms with Crippen molar-refractivity contribution in [1.29, 1.82) is 0 Å². The first kappa shape index (κ1) is 19.3. The van der Waals surface area contributed by atoms with Gasteiger partial charge in [0.1, 0.15) is 23.7 Å². The van der Waals surface area contributed by atoms with Gasteiger partial charge in [0.25, 0.3) is 0 Å². The molecule has 2 unspecified atom stereocenters. The van der Waals surface area contributed by atoms with Crippen molar-refractivity contribution in [2.45, 2.75) is 38.3 Å². The van der Waals surface area contributed by atoms with Crippen molar-refractivity contribution in [1.82, 2.24) is 25.5 Å². The number of carboxylic acids is 1. The molecule has 140 valence electrons. The number of aromatic nitrogens is 4. The fourth-order valence-electron chi connectivity index (χ4n) is 2.37. The number of carbonyl (C=O) groups is 2. The molecule has 1 aromatic heterocycles. The van der Waals surface area contributed by atoms with Crippen LogP contribution in [0.4, 0.5) is 13.2 Å². The summed E-state index contributed by atoms with van der Waals surface area (Å²) < 4.78 is 39.6. The molecule has 1 aromatic carbocycles. The van der Waals surface area contributed by atoms with E-state index >= 15 is 0 Å². The molecule has 0 aliphatic rings. The second-order valence-electron chi connectivity index (χ2n) is 5.55. The monoisotopic (exact) mass is 371 g/mol.